The Bertz CT molecular complexity index is 923. The first kappa shape index (κ1) is 17.4. The van der Waals surface area contributed by atoms with Crippen LogP contribution in [-0.4, -0.2) is 0 Å². The molecule has 0 amide bonds. The molecule has 0 bridgehead atoms. The van der Waals surface area contributed by atoms with Crippen LogP contribution < -0.4 is 0 Å². The Hall–Kier alpha value is -2.43. The van der Waals surface area contributed by atoms with E-state index in [4.69, 9.17) is 0 Å². The lowest BCUT2D eigenvalue weighted by atomic mass is 9.97. The Morgan fingerprint density at radius 1 is 0.760 bits per heavy atom. The van der Waals surface area contributed by atoms with Gasteiger partial charge < -0.3 is 0 Å². The molecule has 25 heavy (non-hydrogen) atoms. The highest BCUT2D eigenvalue weighted by molar-refractivity contribution is 5.88. The highest BCUT2D eigenvalue weighted by Crippen LogP contribution is 2.32. The molecule has 0 aromatic heterocycles. The molecular weight excluding hydrogens is 335 g/mol. The fraction of sp³-hybridized carbons (Fsp3) is 0.200. The maximum Gasteiger partial charge on any atom is 0.195 e. The molecule has 0 saturated carbocycles. The van der Waals surface area contributed by atoms with Crippen LogP contribution in [0.15, 0.2) is 36.4 Å². The minimum atomic E-state index is -1.57. The topological polar surface area (TPSA) is 0 Å². The number of hydrogen-bond acceptors (Lipinski definition) is 0. The molecule has 0 heterocycles. The van der Waals surface area contributed by atoms with Crippen molar-refractivity contribution in [2.45, 2.75) is 26.2 Å². The summed E-state index contributed by atoms with van der Waals surface area (Å²) in [4.78, 5) is 0. The average Bonchev–Trinajstić information content (AvgIpc) is 2.57. The van der Waals surface area contributed by atoms with E-state index in [0.717, 1.165) is 18.9 Å². The Kier molecular flexibility index (Phi) is 4.75. The number of benzene rings is 3. The van der Waals surface area contributed by atoms with Crippen molar-refractivity contribution in [1.82, 2.24) is 0 Å². The summed E-state index contributed by atoms with van der Waals surface area (Å²) < 4.78 is 69.3. The van der Waals surface area contributed by atoms with Crippen molar-refractivity contribution in [1.29, 1.82) is 0 Å². The first-order valence-electron chi connectivity index (χ1n) is 7.98. The zero-order chi connectivity index (χ0) is 18.1. The van der Waals surface area contributed by atoms with Crippen LogP contribution in [0.25, 0.3) is 21.9 Å². The molecule has 0 spiro atoms. The van der Waals surface area contributed by atoms with E-state index in [9.17, 15) is 22.0 Å². The van der Waals surface area contributed by atoms with Crippen LogP contribution in [0.5, 0.6) is 0 Å². The van der Waals surface area contributed by atoms with Gasteiger partial charge in [-0.3, -0.25) is 0 Å². The average molecular weight is 350 g/mol. The SMILES string of the molecule is CCCCc1cc(F)c(-c2ccc3c(F)c(F)c(F)cc3c2)c(F)c1. The Balaban J connectivity index is 2.12. The van der Waals surface area contributed by atoms with Crippen LogP contribution in [0.1, 0.15) is 25.3 Å². The van der Waals surface area contributed by atoms with E-state index in [1.165, 1.54) is 30.3 Å². The lowest BCUT2D eigenvalue weighted by Gasteiger charge is -2.10. The van der Waals surface area contributed by atoms with Gasteiger partial charge in [0, 0.05) is 5.39 Å². The highest BCUT2D eigenvalue weighted by atomic mass is 19.2. The number of fused-ring (bicyclic) bond motifs is 1. The molecule has 0 N–H and O–H groups in total. The molecule has 0 fully saturated rings. The zero-order valence-corrected chi connectivity index (χ0v) is 13.5. The molecule has 0 aliphatic rings. The fourth-order valence-electron chi connectivity index (χ4n) is 2.89. The zero-order valence-electron chi connectivity index (χ0n) is 13.5. The number of hydrogen-bond donors (Lipinski definition) is 0. The molecule has 3 aromatic rings. The summed E-state index contributed by atoms with van der Waals surface area (Å²) >= 11 is 0. The lowest BCUT2D eigenvalue weighted by Crippen LogP contribution is -1.96. The van der Waals surface area contributed by atoms with Crippen LogP contribution in [0.3, 0.4) is 0 Å². The third-order valence-corrected chi connectivity index (χ3v) is 4.18. The Morgan fingerprint density at radius 2 is 1.44 bits per heavy atom. The Labute approximate surface area is 141 Å². The summed E-state index contributed by atoms with van der Waals surface area (Å²) in [6.07, 6.45) is 2.29. The monoisotopic (exact) mass is 350 g/mol. The van der Waals surface area contributed by atoms with Gasteiger partial charge in [-0.05, 0) is 53.6 Å². The number of rotatable bonds is 4. The predicted molar refractivity (Wildman–Crippen MR) is 87.8 cm³/mol. The second kappa shape index (κ2) is 6.82. The van der Waals surface area contributed by atoms with Crippen molar-refractivity contribution in [2.24, 2.45) is 0 Å². The maximum absolute atomic E-state index is 14.4. The smallest absolute Gasteiger partial charge is 0.195 e. The number of unbranched alkanes of at least 4 members (excludes halogenated alkanes) is 1. The van der Waals surface area contributed by atoms with Crippen LogP contribution in [-0.2, 0) is 6.42 Å². The first-order valence-corrected chi connectivity index (χ1v) is 7.98. The summed E-state index contributed by atoms with van der Waals surface area (Å²) in [5.41, 5.74) is 0.419. The van der Waals surface area contributed by atoms with E-state index >= 15 is 0 Å². The number of aryl methyl sites for hydroxylation is 1. The van der Waals surface area contributed by atoms with Crippen molar-refractivity contribution in [3.8, 4) is 11.1 Å². The van der Waals surface area contributed by atoms with Gasteiger partial charge in [-0.1, -0.05) is 25.5 Å². The van der Waals surface area contributed by atoms with Gasteiger partial charge in [0.05, 0.1) is 5.56 Å². The normalized spacial score (nSPS) is 11.3. The Morgan fingerprint density at radius 3 is 2.08 bits per heavy atom. The molecule has 0 nitrogen and oxygen atoms in total. The van der Waals surface area contributed by atoms with E-state index in [2.05, 4.69) is 0 Å². The summed E-state index contributed by atoms with van der Waals surface area (Å²) in [6.45, 7) is 1.98. The van der Waals surface area contributed by atoms with Crippen LogP contribution in [0.4, 0.5) is 22.0 Å². The standard InChI is InChI=1S/C20H15F5/c1-2-3-4-11-7-15(21)18(16(22)8-11)12-5-6-14-13(9-12)10-17(23)20(25)19(14)24/h5-10H,2-4H2,1H3. The predicted octanol–water partition coefficient (Wildman–Crippen LogP) is 6.54. The number of halogens is 5. The summed E-state index contributed by atoms with van der Waals surface area (Å²) in [6, 6.07) is 7.06. The van der Waals surface area contributed by atoms with E-state index in [-0.39, 0.29) is 21.9 Å². The molecule has 0 aliphatic carbocycles. The summed E-state index contributed by atoms with van der Waals surface area (Å²) in [5.74, 6) is -5.73. The van der Waals surface area contributed by atoms with E-state index in [0.29, 0.717) is 12.0 Å². The molecule has 0 radical (unpaired) electrons. The molecule has 130 valence electrons. The van der Waals surface area contributed by atoms with Gasteiger partial charge in [-0.2, -0.15) is 0 Å². The molecule has 0 unspecified atom stereocenters. The lowest BCUT2D eigenvalue weighted by molar-refractivity contribution is 0.453. The fourth-order valence-corrected chi connectivity index (χ4v) is 2.89. The molecule has 0 saturated heterocycles. The highest BCUT2D eigenvalue weighted by Gasteiger charge is 2.17. The second-order valence-electron chi connectivity index (χ2n) is 5.96. The molecule has 5 heteroatoms. The molecule has 0 atom stereocenters. The quantitative estimate of drug-likeness (QED) is 0.370. The molecule has 3 aromatic carbocycles. The van der Waals surface area contributed by atoms with Gasteiger partial charge in [-0.15, -0.1) is 0 Å². The van der Waals surface area contributed by atoms with Gasteiger partial charge >= 0.3 is 0 Å². The minimum absolute atomic E-state index is 0.0303. The first-order chi connectivity index (χ1) is 11.9. The maximum atomic E-state index is 14.4. The van der Waals surface area contributed by atoms with E-state index < -0.39 is 29.1 Å². The van der Waals surface area contributed by atoms with Gasteiger partial charge in [-0.25, -0.2) is 22.0 Å². The van der Waals surface area contributed by atoms with E-state index in [1.807, 2.05) is 6.92 Å². The van der Waals surface area contributed by atoms with Crippen molar-refractivity contribution in [3.05, 3.63) is 71.0 Å². The second-order valence-corrected chi connectivity index (χ2v) is 5.96. The van der Waals surface area contributed by atoms with Crippen LogP contribution in [0, 0.1) is 29.1 Å². The summed E-state index contributed by atoms with van der Waals surface area (Å²) in [5, 5.41) is -0.120. The van der Waals surface area contributed by atoms with E-state index in [1.54, 1.807) is 0 Å². The van der Waals surface area contributed by atoms with Crippen molar-refractivity contribution < 1.29 is 22.0 Å². The third-order valence-electron chi connectivity index (χ3n) is 4.18. The van der Waals surface area contributed by atoms with Gasteiger partial charge in [0.1, 0.15) is 11.6 Å². The third kappa shape index (κ3) is 3.23. The van der Waals surface area contributed by atoms with Gasteiger partial charge in [0.15, 0.2) is 17.5 Å². The van der Waals surface area contributed by atoms with Gasteiger partial charge in [0.2, 0.25) is 0 Å². The summed E-state index contributed by atoms with van der Waals surface area (Å²) in [7, 11) is 0. The van der Waals surface area contributed by atoms with Crippen LogP contribution in [0.2, 0.25) is 0 Å². The van der Waals surface area contributed by atoms with Crippen molar-refractivity contribution in [3.63, 3.8) is 0 Å². The largest absolute Gasteiger partial charge is 0.206 e. The van der Waals surface area contributed by atoms with Crippen LogP contribution >= 0.6 is 0 Å². The molecule has 3 rings (SSSR count). The van der Waals surface area contributed by atoms with Gasteiger partial charge in [0.25, 0.3) is 0 Å². The molecule has 0 aliphatic heterocycles. The minimum Gasteiger partial charge on any atom is -0.206 e. The van der Waals surface area contributed by atoms with Crippen molar-refractivity contribution in [2.75, 3.05) is 0 Å². The van der Waals surface area contributed by atoms with Crippen molar-refractivity contribution >= 4 is 10.8 Å². The molecular formula is C20H15F5.